The number of halogens is 1. The number of hydrogen-bond acceptors (Lipinski definition) is 4. The molecule has 5 rings (SSSR count). The van der Waals surface area contributed by atoms with Crippen LogP contribution in [-0.4, -0.2) is 9.97 Å². The first-order valence-corrected chi connectivity index (χ1v) is 10.1. The Morgan fingerprint density at radius 1 is 0.724 bits per heavy atom. The lowest BCUT2D eigenvalue weighted by atomic mass is 10.0. The summed E-state index contributed by atoms with van der Waals surface area (Å²) in [6.45, 7) is 0. The van der Waals surface area contributed by atoms with Crippen molar-refractivity contribution in [3.8, 4) is 22.3 Å². The zero-order valence-corrected chi connectivity index (χ0v) is 16.2. The van der Waals surface area contributed by atoms with Crippen LogP contribution < -0.4 is 5.32 Å². The molecule has 0 radical (unpaired) electrons. The van der Waals surface area contributed by atoms with E-state index in [0.717, 1.165) is 27.0 Å². The summed E-state index contributed by atoms with van der Waals surface area (Å²) in [7, 11) is 0. The van der Waals surface area contributed by atoms with E-state index in [0.29, 0.717) is 5.82 Å². The SMILES string of the molecule is Fc1ccc(Nc2ncnc3scc(-c4ccc(-c5ccccc5)cc4)c23)cc1. The summed E-state index contributed by atoms with van der Waals surface area (Å²) in [4.78, 5) is 9.76. The van der Waals surface area contributed by atoms with Gasteiger partial charge in [-0.05, 0) is 41.0 Å². The number of fused-ring (bicyclic) bond motifs is 1. The fourth-order valence-corrected chi connectivity index (χ4v) is 4.24. The lowest BCUT2D eigenvalue weighted by molar-refractivity contribution is 0.628. The number of hydrogen-bond donors (Lipinski definition) is 1. The highest BCUT2D eigenvalue weighted by molar-refractivity contribution is 7.17. The predicted molar refractivity (Wildman–Crippen MR) is 118 cm³/mol. The van der Waals surface area contributed by atoms with Gasteiger partial charge in [0.05, 0.1) is 5.39 Å². The molecule has 3 nitrogen and oxygen atoms in total. The minimum atomic E-state index is -0.266. The third-order valence-corrected chi connectivity index (χ3v) is 5.67. The van der Waals surface area contributed by atoms with Gasteiger partial charge in [0, 0.05) is 16.6 Å². The molecule has 2 heterocycles. The number of aromatic nitrogens is 2. The van der Waals surface area contributed by atoms with E-state index in [9.17, 15) is 4.39 Å². The number of anilines is 2. The Morgan fingerprint density at radius 2 is 1.41 bits per heavy atom. The summed E-state index contributed by atoms with van der Waals surface area (Å²) in [5.74, 6) is 0.447. The Hall–Kier alpha value is -3.57. The summed E-state index contributed by atoms with van der Waals surface area (Å²) >= 11 is 1.59. The Kier molecular flexibility index (Phi) is 4.50. The zero-order chi connectivity index (χ0) is 19.6. The highest BCUT2D eigenvalue weighted by Gasteiger charge is 2.13. The van der Waals surface area contributed by atoms with E-state index < -0.39 is 0 Å². The molecule has 0 saturated carbocycles. The van der Waals surface area contributed by atoms with E-state index in [1.807, 2.05) is 18.2 Å². The molecule has 0 saturated heterocycles. The van der Waals surface area contributed by atoms with Crippen LogP contribution in [0, 0.1) is 5.82 Å². The Bertz CT molecular complexity index is 1260. The summed E-state index contributed by atoms with van der Waals surface area (Å²) < 4.78 is 13.2. The smallest absolute Gasteiger partial charge is 0.143 e. The van der Waals surface area contributed by atoms with Gasteiger partial charge in [-0.2, -0.15) is 0 Å². The average molecular weight is 397 g/mol. The predicted octanol–water partition coefficient (Wildman–Crippen LogP) is 6.91. The number of rotatable bonds is 4. The molecule has 0 unspecified atom stereocenters. The highest BCUT2D eigenvalue weighted by Crippen LogP contribution is 2.38. The first-order valence-electron chi connectivity index (χ1n) is 9.18. The van der Waals surface area contributed by atoms with Crippen LogP contribution in [0.5, 0.6) is 0 Å². The number of thiophene rings is 1. The van der Waals surface area contributed by atoms with Crippen LogP contribution in [0.3, 0.4) is 0 Å². The van der Waals surface area contributed by atoms with Crippen molar-refractivity contribution in [2.24, 2.45) is 0 Å². The first kappa shape index (κ1) is 17.5. The monoisotopic (exact) mass is 397 g/mol. The number of nitrogens with one attached hydrogen (secondary N) is 1. The van der Waals surface area contributed by atoms with Crippen LogP contribution in [0.4, 0.5) is 15.9 Å². The van der Waals surface area contributed by atoms with E-state index >= 15 is 0 Å². The Morgan fingerprint density at radius 3 is 2.17 bits per heavy atom. The van der Waals surface area contributed by atoms with E-state index in [-0.39, 0.29) is 5.82 Å². The van der Waals surface area contributed by atoms with Crippen molar-refractivity contribution < 1.29 is 4.39 Å². The minimum absolute atomic E-state index is 0.266. The average Bonchev–Trinajstić information content (AvgIpc) is 3.21. The van der Waals surface area contributed by atoms with Crippen molar-refractivity contribution in [1.82, 2.24) is 9.97 Å². The fraction of sp³-hybridized carbons (Fsp3) is 0. The lowest BCUT2D eigenvalue weighted by Gasteiger charge is -2.09. The van der Waals surface area contributed by atoms with Gasteiger partial charge in [-0.3, -0.25) is 0 Å². The maximum absolute atomic E-state index is 13.2. The minimum Gasteiger partial charge on any atom is -0.340 e. The number of benzene rings is 3. The molecule has 0 bridgehead atoms. The van der Waals surface area contributed by atoms with Gasteiger partial charge in [0.15, 0.2) is 0 Å². The molecule has 0 aliphatic rings. The molecule has 0 aliphatic heterocycles. The molecule has 2 aromatic heterocycles. The largest absolute Gasteiger partial charge is 0.340 e. The number of nitrogens with zero attached hydrogens (tertiary/aromatic N) is 2. The van der Waals surface area contributed by atoms with E-state index in [2.05, 4.69) is 57.1 Å². The molecule has 0 atom stereocenters. The van der Waals surface area contributed by atoms with Gasteiger partial charge < -0.3 is 5.32 Å². The second kappa shape index (κ2) is 7.45. The van der Waals surface area contributed by atoms with Crippen LogP contribution >= 0.6 is 11.3 Å². The summed E-state index contributed by atoms with van der Waals surface area (Å²) in [6.07, 6.45) is 1.55. The molecule has 0 amide bonds. The van der Waals surface area contributed by atoms with Crippen LogP contribution in [0.2, 0.25) is 0 Å². The summed E-state index contributed by atoms with van der Waals surface area (Å²) in [6, 6.07) is 25.1. The summed E-state index contributed by atoms with van der Waals surface area (Å²) in [5.41, 5.74) is 5.33. The van der Waals surface area contributed by atoms with Gasteiger partial charge in [0.25, 0.3) is 0 Å². The third-order valence-electron chi connectivity index (χ3n) is 4.78. The Labute approximate surface area is 171 Å². The first-order chi connectivity index (χ1) is 14.3. The van der Waals surface area contributed by atoms with E-state index in [1.165, 1.54) is 23.3 Å². The van der Waals surface area contributed by atoms with Gasteiger partial charge in [-0.25, -0.2) is 14.4 Å². The van der Waals surface area contributed by atoms with Gasteiger partial charge in [0.1, 0.15) is 22.8 Å². The third kappa shape index (κ3) is 3.48. The molecule has 29 heavy (non-hydrogen) atoms. The lowest BCUT2D eigenvalue weighted by Crippen LogP contribution is -1.95. The fourth-order valence-electron chi connectivity index (χ4n) is 3.33. The second-order valence-electron chi connectivity index (χ2n) is 6.63. The van der Waals surface area contributed by atoms with Gasteiger partial charge in [0.2, 0.25) is 0 Å². The standard InChI is InChI=1S/C24H16FN3S/c25-19-10-12-20(13-11-19)28-23-22-21(14-29-24(22)27-15-26-23)18-8-6-17(7-9-18)16-4-2-1-3-5-16/h1-15H,(H,26,27,28). The van der Waals surface area contributed by atoms with Gasteiger partial charge in [-0.15, -0.1) is 11.3 Å². The maximum atomic E-state index is 13.2. The molecule has 1 N–H and O–H groups in total. The van der Waals surface area contributed by atoms with Gasteiger partial charge in [-0.1, -0.05) is 54.6 Å². The van der Waals surface area contributed by atoms with Crippen molar-refractivity contribution in [3.63, 3.8) is 0 Å². The molecule has 0 spiro atoms. The Balaban J connectivity index is 1.54. The van der Waals surface area contributed by atoms with Gasteiger partial charge >= 0.3 is 0 Å². The van der Waals surface area contributed by atoms with Crippen molar-refractivity contribution in [2.45, 2.75) is 0 Å². The van der Waals surface area contributed by atoms with E-state index in [1.54, 1.807) is 29.8 Å². The molecule has 140 valence electrons. The molecule has 3 aromatic carbocycles. The molecule has 0 aliphatic carbocycles. The summed E-state index contributed by atoms with van der Waals surface area (Å²) in [5, 5.41) is 6.37. The molecular formula is C24H16FN3S. The second-order valence-corrected chi connectivity index (χ2v) is 7.49. The zero-order valence-electron chi connectivity index (χ0n) is 15.3. The van der Waals surface area contributed by atoms with E-state index in [4.69, 9.17) is 0 Å². The normalized spacial score (nSPS) is 10.9. The van der Waals surface area contributed by atoms with Crippen LogP contribution in [-0.2, 0) is 0 Å². The van der Waals surface area contributed by atoms with Crippen LogP contribution in [0.1, 0.15) is 0 Å². The topological polar surface area (TPSA) is 37.8 Å². The van der Waals surface area contributed by atoms with Crippen LogP contribution in [0.25, 0.3) is 32.5 Å². The molecule has 0 fully saturated rings. The highest BCUT2D eigenvalue weighted by atomic mass is 32.1. The maximum Gasteiger partial charge on any atom is 0.143 e. The van der Waals surface area contributed by atoms with Crippen molar-refractivity contribution >= 4 is 33.1 Å². The van der Waals surface area contributed by atoms with Crippen molar-refractivity contribution in [2.75, 3.05) is 5.32 Å². The van der Waals surface area contributed by atoms with Crippen LogP contribution in [0.15, 0.2) is 90.6 Å². The molecule has 5 aromatic rings. The van der Waals surface area contributed by atoms with Crippen molar-refractivity contribution in [3.05, 3.63) is 96.4 Å². The quantitative estimate of drug-likeness (QED) is 0.358. The molecule has 5 heteroatoms. The van der Waals surface area contributed by atoms with Crippen molar-refractivity contribution in [1.29, 1.82) is 0 Å². The molecular weight excluding hydrogens is 381 g/mol.